The van der Waals surface area contributed by atoms with Crippen LogP contribution in [0.15, 0.2) is 6.07 Å². The second-order valence-corrected chi connectivity index (χ2v) is 4.91. The molecule has 98 valence electrons. The number of nitrogens with zero attached hydrogens (tertiary/aromatic N) is 1. The molecule has 5 heteroatoms. The lowest BCUT2D eigenvalue weighted by Crippen LogP contribution is -2.22. The van der Waals surface area contributed by atoms with E-state index in [1.807, 2.05) is 19.9 Å². The molecule has 1 aromatic heterocycles. The molecule has 5 nitrogen and oxygen atoms in total. The summed E-state index contributed by atoms with van der Waals surface area (Å²) in [4.78, 5) is 15.9. The summed E-state index contributed by atoms with van der Waals surface area (Å²) >= 11 is 0. The lowest BCUT2D eigenvalue weighted by molar-refractivity contribution is 0.1000. The minimum absolute atomic E-state index is 0.424. The molecule has 4 N–H and O–H groups in total. The third kappa shape index (κ3) is 2.79. The van der Waals surface area contributed by atoms with Crippen molar-refractivity contribution in [3.05, 3.63) is 22.9 Å². The molecule has 0 aromatic carbocycles. The standard InChI is InChI=1S/C13H20N4O/c1-8-5-9(2)17-13(11(8)12(14)18)16-7-10-3-4-15-6-10/h5,10,15H,3-4,6-7H2,1-2H3,(H2,14,18)(H,16,17). The predicted molar refractivity (Wildman–Crippen MR) is 71.7 cm³/mol. The number of primary amides is 1. The van der Waals surface area contributed by atoms with Gasteiger partial charge in [0.2, 0.25) is 0 Å². The fourth-order valence-corrected chi connectivity index (χ4v) is 2.41. The summed E-state index contributed by atoms with van der Waals surface area (Å²) in [5, 5.41) is 6.58. The van der Waals surface area contributed by atoms with Crippen LogP contribution < -0.4 is 16.4 Å². The van der Waals surface area contributed by atoms with Crippen LogP contribution in [-0.2, 0) is 0 Å². The molecular formula is C13H20N4O. The molecule has 1 saturated heterocycles. The van der Waals surface area contributed by atoms with Crippen LogP contribution in [0.2, 0.25) is 0 Å². The van der Waals surface area contributed by atoms with Crippen LogP contribution in [0.25, 0.3) is 0 Å². The van der Waals surface area contributed by atoms with Gasteiger partial charge in [0.25, 0.3) is 5.91 Å². The molecule has 1 unspecified atom stereocenters. The molecule has 0 saturated carbocycles. The monoisotopic (exact) mass is 248 g/mol. The first-order valence-electron chi connectivity index (χ1n) is 6.30. The first-order chi connectivity index (χ1) is 8.58. The minimum Gasteiger partial charge on any atom is -0.369 e. The van der Waals surface area contributed by atoms with E-state index < -0.39 is 5.91 Å². The van der Waals surface area contributed by atoms with Crippen molar-refractivity contribution in [1.82, 2.24) is 10.3 Å². The van der Waals surface area contributed by atoms with Crippen LogP contribution in [-0.4, -0.2) is 30.5 Å². The van der Waals surface area contributed by atoms with Crippen molar-refractivity contribution in [3.8, 4) is 0 Å². The number of aryl methyl sites for hydroxylation is 2. The van der Waals surface area contributed by atoms with Crippen molar-refractivity contribution in [2.24, 2.45) is 11.7 Å². The normalized spacial score (nSPS) is 18.9. The van der Waals surface area contributed by atoms with Gasteiger partial charge >= 0.3 is 0 Å². The zero-order valence-electron chi connectivity index (χ0n) is 10.9. The molecule has 1 fully saturated rings. The Bertz CT molecular complexity index is 453. The number of rotatable bonds is 4. The number of aromatic nitrogens is 1. The summed E-state index contributed by atoms with van der Waals surface area (Å²) in [5.41, 5.74) is 7.69. The highest BCUT2D eigenvalue weighted by molar-refractivity contribution is 5.99. The number of amides is 1. The molecule has 0 spiro atoms. The maximum absolute atomic E-state index is 11.5. The SMILES string of the molecule is Cc1cc(C)c(C(N)=O)c(NCC2CCNC2)n1. The molecule has 2 heterocycles. The average Bonchev–Trinajstić information content (AvgIpc) is 2.77. The summed E-state index contributed by atoms with van der Waals surface area (Å²) in [7, 11) is 0. The van der Waals surface area contributed by atoms with E-state index in [0.717, 1.165) is 37.3 Å². The summed E-state index contributed by atoms with van der Waals surface area (Å²) in [6, 6.07) is 1.88. The van der Waals surface area contributed by atoms with E-state index in [0.29, 0.717) is 17.3 Å². The number of hydrogen-bond donors (Lipinski definition) is 3. The lowest BCUT2D eigenvalue weighted by atomic mass is 10.1. The van der Waals surface area contributed by atoms with Gasteiger partial charge < -0.3 is 16.4 Å². The Morgan fingerprint density at radius 1 is 1.61 bits per heavy atom. The lowest BCUT2D eigenvalue weighted by Gasteiger charge is -2.15. The molecule has 1 atom stereocenters. The number of hydrogen-bond acceptors (Lipinski definition) is 4. The van der Waals surface area contributed by atoms with Gasteiger partial charge in [-0.25, -0.2) is 4.98 Å². The Morgan fingerprint density at radius 2 is 2.39 bits per heavy atom. The smallest absolute Gasteiger partial charge is 0.252 e. The third-order valence-corrected chi connectivity index (χ3v) is 3.31. The van der Waals surface area contributed by atoms with Crippen LogP contribution in [0.3, 0.4) is 0 Å². The van der Waals surface area contributed by atoms with E-state index >= 15 is 0 Å². The molecule has 1 aromatic rings. The van der Waals surface area contributed by atoms with E-state index in [2.05, 4.69) is 15.6 Å². The summed E-state index contributed by atoms with van der Waals surface area (Å²) in [6.45, 7) is 6.71. The molecule has 2 rings (SSSR count). The maximum atomic E-state index is 11.5. The third-order valence-electron chi connectivity index (χ3n) is 3.31. The first-order valence-corrected chi connectivity index (χ1v) is 6.30. The Kier molecular flexibility index (Phi) is 3.81. The Hall–Kier alpha value is -1.62. The van der Waals surface area contributed by atoms with Gasteiger partial charge in [0.15, 0.2) is 0 Å². The first kappa shape index (κ1) is 12.8. The van der Waals surface area contributed by atoms with Crippen LogP contribution in [0.4, 0.5) is 5.82 Å². The van der Waals surface area contributed by atoms with E-state index in [-0.39, 0.29) is 0 Å². The number of nitrogens with two attached hydrogens (primary N) is 1. The Labute approximate surface area is 107 Å². The molecule has 1 aliphatic rings. The van der Waals surface area contributed by atoms with Crippen LogP contribution in [0.5, 0.6) is 0 Å². The molecule has 1 amide bonds. The highest BCUT2D eigenvalue weighted by Gasteiger charge is 2.17. The van der Waals surface area contributed by atoms with Crippen molar-refractivity contribution in [2.75, 3.05) is 25.0 Å². The van der Waals surface area contributed by atoms with E-state index in [1.165, 1.54) is 0 Å². The largest absolute Gasteiger partial charge is 0.369 e. The summed E-state index contributed by atoms with van der Waals surface area (Å²) in [6.07, 6.45) is 1.16. The van der Waals surface area contributed by atoms with Gasteiger partial charge in [0.1, 0.15) is 5.82 Å². The van der Waals surface area contributed by atoms with Crippen molar-refractivity contribution in [1.29, 1.82) is 0 Å². The molecule has 0 aliphatic carbocycles. The molecule has 1 aliphatic heterocycles. The van der Waals surface area contributed by atoms with Gasteiger partial charge in [-0.15, -0.1) is 0 Å². The zero-order chi connectivity index (χ0) is 13.1. The second kappa shape index (κ2) is 5.35. The van der Waals surface area contributed by atoms with Crippen molar-refractivity contribution in [3.63, 3.8) is 0 Å². The fourth-order valence-electron chi connectivity index (χ4n) is 2.41. The molecule has 0 radical (unpaired) electrons. The highest BCUT2D eigenvalue weighted by Crippen LogP contribution is 2.19. The zero-order valence-corrected chi connectivity index (χ0v) is 10.9. The maximum Gasteiger partial charge on any atom is 0.252 e. The van der Waals surface area contributed by atoms with Crippen LogP contribution in [0.1, 0.15) is 28.0 Å². The van der Waals surface area contributed by atoms with Crippen LogP contribution in [0, 0.1) is 19.8 Å². The number of pyridine rings is 1. The van der Waals surface area contributed by atoms with Gasteiger partial charge in [0.05, 0.1) is 5.56 Å². The second-order valence-electron chi connectivity index (χ2n) is 4.91. The fraction of sp³-hybridized carbons (Fsp3) is 0.538. The topological polar surface area (TPSA) is 80.0 Å². The summed E-state index contributed by atoms with van der Waals surface area (Å²) in [5.74, 6) is 0.785. The van der Waals surface area contributed by atoms with Crippen LogP contribution >= 0.6 is 0 Å². The van der Waals surface area contributed by atoms with Crippen molar-refractivity contribution < 1.29 is 4.79 Å². The van der Waals surface area contributed by atoms with E-state index in [1.54, 1.807) is 0 Å². The number of carbonyl (C=O) groups is 1. The average molecular weight is 248 g/mol. The van der Waals surface area contributed by atoms with Gasteiger partial charge in [-0.05, 0) is 50.9 Å². The predicted octanol–water partition coefficient (Wildman–Crippen LogP) is 0.819. The van der Waals surface area contributed by atoms with Gasteiger partial charge in [-0.3, -0.25) is 4.79 Å². The van der Waals surface area contributed by atoms with Crippen molar-refractivity contribution in [2.45, 2.75) is 20.3 Å². The Morgan fingerprint density at radius 3 is 3.00 bits per heavy atom. The molecule has 0 bridgehead atoms. The number of anilines is 1. The Balaban J connectivity index is 2.16. The summed E-state index contributed by atoms with van der Waals surface area (Å²) < 4.78 is 0. The number of carbonyl (C=O) groups excluding carboxylic acids is 1. The molecule has 18 heavy (non-hydrogen) atoms. The quantitative estimate of drug-likeness (QED) is 0.737. The highest BCUT2D eigenvalue weighted by atomic mass is 16.1. The van der Waals surface area contributed by atoms with Gasteiger partial charge in [-0.2, -0.15) is 0 Å². The van der Waals surface area contributed by atoms with E-state index in [9.17, 15) is 4.79 Å². The van der Waals surface area contributed by atoms with E-state index in [4.69, 9.17) is 5.73 Å². The minimum atomic E-state index is -0.424. The van der Waals surface area contributed by atoms with Gasteiger partial charge in [-0.1, -0.05) is 0 Å². The molecular weight excluding hydrogens is 228 g/mol. The number of nitrogens with one attached hydrogen (secondary N) is 2. The van der Waals surface area contributed by atoms with Crippen molar-refractivity contribution >= 4 is 11.7 Å². The van der Waals surface area contributed by atoms with Gasteiger partial charge in [0, 0.05) is 12.2 Å².